The summed E-state index contributed by atoms with van der Waals surface area (Å²) in [7, 11) is 0. The van der Waals surface area contributed by atoms with E-state index in [1.165, 1.54) is 11.1 Å². The van der Waals surface area contributed by atoms with Crippen molar-refractivity contribution in [2.75, 3.05) is 0 Å². The highest BCUT2D eigenvalue weighted by Crippen LogP contribution is 1.96. The molecule has 0 fully saturated rings. The zero-order valence-corrected chi connectivity index (χ0v) is 7.82. The first-order valence-electron chi connectivity index (χ1n) is 3.16. The molecule has 4 nitrogen and oxygen atoms in total. The Morgan fingerprint density at radius 3 is 0.917 bits per heavy atom. The van der Waals surface area contributed by atoms with Crippen molar-refractivity contribution in [2.45, 2.75) is 27.7 Å². The number of hydrogen-bond donors (Lipinski definition) is 2. The van der Waals surface area contributed by atoms with Gasteiger partial charge in [0, 0.05) is 0 Å². The van der Waals surface area contributed by atoms with Crippen molar-refractivity contribution in [3.05, 3.63) is 11.1 Å². The summed E-state index contributed by atoms with van der Waals surface area (Å²) in [5.41, 5.74) is 2.85. The number of hydrogen-bond acceptors (Lipinski definition) is 4. The monoisotopic (exact) mass is 170 g/mol. The van der Waals surface area contributed by atoms with Crippen molar-refractivity contribution in [3.63, 3.8) is 0 Å². The first kappa shape index (κ1) is 16.8. The molecule has 0 aromatic carbocycles. The third-order valence-corrected chi connectivity index (χ3v) is 1.00. The van der Waals surface area contributed by atoms with Crippen LogP contribution in [0.1, 0.15) is 27.7 Å². The summed E-state index contributed by atoms with van der Waals surface area (Å²) < 4.78 is 0. The van der Waals surface area contributed by atoms with Crippen LogP contribution in [0.2, 0.25) is 0 Å². The number of carbonyl (C=O) groups excluding carboxylic acids is 2. The van der Waals surface area contributed by atoms with Crippen LogP contribution >= 0.6 is 0 Å². The van der Waals surface area contributed by atoms with E-state index >= 15 is 0 Å². The average Bonchev–Trinajstić information content (AvgIpc) is 1.90. The van der Waals surface area contributed by atoms with E-state index in [2.05, 4.69) is 27.7 Å². The molecule has 0 bridgehead atoms. The number of allylic oxidation sites excluding steroid dienone is 2. The average molecular weight is 170 g/mol. The number of isocyanates is 2. The van der Waals surface area contributed by atoms with E-state index in [-0.39, 0.29) is 0 Å². The Morgan fingerprint density at radius 2 is 0.917 bits per heavy atom. The molecule has 0 aliphatic carbocycles. The lowest BCUT2D eigenvalue weighted by Gasteiger charge is -1.88. The maximum atomic E-state index is 8.35. The Kier molecular flexibility index (Phi) is 22.8. The second-order valence-electron chi connectivity index (χ2n) is 2.20. The van der Waals surface area contributed by atoms with Crippen molar-refractivity contribution < 1.29 is 9.59 Å². The molecule has 0 spiro atoms. The molecule has 0 aliphatic rings. The van der Waals surface area contributed by atoms with E-state index in [4.69, 9.17) is 20.4 Å². The number of rotatable bonds is 0. The molecule has 0 aromatic heterocycles. The van der Waals surface area contributed by atoms with Crippen molar-refractivity contribution in [1.82, 2.24) is 0 Å². The van der Waals surface area contributed by atoms with Crippen molar-refractivity contribution in [2.24, 2.45) is 0 Å². The van der Waals surface area contributed by atoms with Crippen LogP contribution in [0.15, 0.2) is 11.1 Å². The van der Waals surface area contributed by atoms with Crippen molar-refractivity contribution in [3.8, 4) is 0 Å². The van der Waals surface area contributed by atoms with Gasteiger partial charge in [-0.2, -0.15) is 0 Å². The van der Waals surface area contributed by atoms with Gasteiger partial charge in [-0.05, 0) is 27.7 Å². The van der Waals surface area contributed by atoms with Gasteiger partial charge in [0.15, 0.2) is 0 Å². The Hall–Kier alpha value is -1.50. The second-order valence-corrected chi connectivity index (χ2v) is 2.20. The largest absolute Gasteiger partial charge is 0.231 e. The third kappa shape index (κ3) is 76.5. The zero-order chi connectivity index (χ0) is 10.6. The standard InChI is InChI=1S/C6H12.2CHNO/c1-5(2)6(3)4;2*2-1-3/h1-4H3;2*2H. The van der Waals surface area contributed by atoms with E-state index in [0.29, 0.717) is 0 Å². The molecule has 2 N–H and O–H groups in total. The molecule has 4 heteroatoms. The summed E-state index contributed by atoms with van der Waals surface area (Å²) in [4.78, 5) is 16.7. The van der Waals surface area contributed by atoms with Crippen LogP contribution in [-0.2, 0) is 9.59 Å². The highest BCUT2D eigenvalue weighted by Gasteiger charge is 1.75. The molecule has 0 saturated carbocycles. The lowest BCUT2D eigenvalue weighted by molar-refractivity contribution is 0.562. The topological polar surface area (TPSA) is 81.8 Å². The van der Waals surface area contributed by atoms with Gasteiger partial charge >= 0.3 is 0 Å². The zero-order valence-electron chi connectivity index (χ0n) is 7.82. The summed E-state index contributed by atoms with van der Waals surface area (Å²) in [6.45, 7) is 8.48. The van der Waals surface area contributed by atoms with Crippen LogP contribution in [0.25, 0.3) is 0 Å². The van der Waals surface area contributed by atoms with Crippen molar-refractivity contribution in [1.29, 1.82) is 10.8 Å². The smallest absolute Gasteiger partial charge is 0.222 e. The Balaban J connectivity index is -0.000000115. The van der Waals surface area contributed by atoms with Gasteiger partial charge in [0.25, 0.3) is 0 Å². The lowest BCUT2D eigenvalue weighted by Crippen LogP contribution is -1.66. The molecule has 0 heterocycles. The quantitative estimate of drug-likeness (QED) is 0.332. The molecule has 68 valence electrons. The fourth-order valence-electron chi connectivity index (χ4n) is 0. The summed E-state index contributed by atoms with van der Waals surface area (Å²) in [5.74, 6) is 0. The molecule has 0 saturated heterocycles. The Bertz CT molecular complexity index is 165. The van der Waals surface area contributed by atoms with Gasteiger partial charge in [0.2, 0.25) is 12.2 Å². The predicted octanol–water partition coefficient (Wildman–Crippen LogP) is 2.16. The van der Waals surface area contributed by atoms with Crippen LogP contribution in [0.4, 0.5) is 0 Å². The molecular formula is C8H14N2O2. The molecule has 0 unspecified atom stereocenters. The first-order valence-corrected chi connectivity index (χ1v) is 3.16. The third-order valence-electron chi connectivity index (χ3n) is 1.00. The van der Waals surface area contributed by atoms with Crippen LogP contribution in [-0.4, -0.2) is 12.2 Å². The Morgan fingerprint density at radius 1 is 0.833 bits per heavy atom. The SMILES string of the molecule is CC(C)=C(C)C.N=C=O.N=C=O. The minimum Gasteiger partial charge on any atom is -0.222 e. The summed E-state index contributed by atoms with van der Waals surface area (Å²) in [6, 6.07) is 0. The first-order chi connectivity index (χ1) is 5.47. The van der Waals surface area contributed by atoms with E-state index in [1.807, 2.05) is 0 Å². The van der Waals surface area contributed by atoms with Gasteiger partial charge in [-0.1, -0.05) is 11.1 Å². The molecule has 0 aromatic rings. The molecule has 0 radical (unpaired) electrons. The van der Waals surface area contributed by atoms with E-state index in [9.17, 15) is 0 Å². The van der Waals surface area contributed by atoms with Gasteiger partial charge in [-0.25, -0.2) is 20.4 Å². The van der Waals surface area contributed by atoms with E-state index in [1.54, 1.807) is 0 Å². The molecule has 0 amide bonds. The van der Waals surface area contributed by atoms with Gasteiger partial charge in [-0.15, -0.1) is 0 Å². The number of nitrogens with one attached hydrogen (secondary N) is 2. The van der Waals surface area contributed by atoms with E-state index in [0.717, 1.165) is 12.2 Å². The predicted molar refractivity (Wildman–Crippen MR) is 46.5 cm³/mol. The van der Waals surface area contributed by atoms with Crippen LogP contribution < -0.4 is 0 Å². The molecular weight excluding hydrogens is 156 g/mol. The second kappa shape index (κ2) is 16.2. The van der Waals surface area contributed by atoms with Gasteiger partial charge in [-0.3, -0.25) is 0 Å². The van der Waals surface area contributed by atoms with Crippen LogP contribution in [0, 0.1) is 10.8 Å². The highest BCUT2D eigenvalue weighted by molar-refractivity contribution is 5.26. The maximum absolute atomic E-state index is 8.35. The molecule has 12 heavy (non-hydrogen) atoms. The fourth-order valence-corrected chi connectivity index (χ4v) is 0. The molecule has 0 atom stereocenters. The van der Waals surface area contributed by atoms with Gasteiger partial charge in [0.1, 0.15) is 0 Å². The summed E-state index contributed by atoms with van der Waals surface area (Å²) in [5, 5.41) is 10.8. The summed E-state index contributed by atoms with van der Waals surface area (Å²) >= 11 is 0. The van der Waals surface area contributed by atoms with Gasteiger partial charge < -0.3 is 0 Å². The normalized spacial score (nSPS) is 5.33. The molecule has 0 aliphatic heterocycles. The van der Waals surface area contributed by atoms with Crippen LogP contribution in [0.5, 0.6) is 0 Å². The minimum atomic E-state index is 0.750. The highest BCUT2D eigenvalue weighted by atomic mass is 16.1. The lowest BCUT2D eigenvalue weighted by atomic mass is 10.2. The Labute approximate surface area is 72.3 Å². The molecule has 0 rings (SSSR count). The minimum absolute atomic E-state index is 0.750. The summed E-state index contributed by atoms with van der Waals surface area (Å²) in [6.07, 6.45) is 1.50. The fraction of sp³-hybridized carbons (Fsp3) is 0.500. The van der Waals surface area contributed by atoms with Gasteiger partial charge in [0.05, 0.1) is 0 Å². The van der Waals surface area contributed by atoms with Crippen molar-refractivity contribution >= 4 is 12.2 Å². The van der Waals surface area contributed by atoms with Crippen LogP contribution in [0.3, 0.4) is 0 Å². The van der Waals surface area contributed by atoms with E-state index < -0.39 is 0 Å². The maximum Gasteiger partial charge on any atom is 0.231 e.